The van der Waals surface area contributed by atoms with Crippen LogP contribution in [-0.2, 0) is 45.5 Å². The molecule has 2 heterocycles. The maximum absolute atomic E-state index is 13.5. The normalized spacial score (nSPS) is 15.7. The fraction of sp³-hybridized carbons (Fsp3) is 0.407. The smallest absolute Gasteiger partial charge is 0.310 e. The first kappa shape index (κ1) is 54.3. The van der Waals surface area contributed by atoms with E-state index in [0.29, 0.717) is 56.3 Å². The van der Waals surface area contributed by atoms with Gasteiger partial charge in [0.1, 0.15) is 31.3 Å². The number of hydrogen-bond donors (Lipinski definition) is 0. The van der Waals surface area contributed by atoms with Crippen LogP contribution in [0.15, 0.2) is 105 Å². The van der Waals surface area contributed by atoms with Gasteiger partial charge in [0.2, 0.25) is 11.6 Å². The van der Waals surface area contributed by atoms with Crippen LogP contribution in [0.1, 0.15) is 108 Å². The van der Waals surface area contributed by atoms with Crippen LogP contribution < -0.4 is 14.4 Å². The second-order valence-corrected chi connectivity index (χ2v) is 21.8. The number of ether oxygens (including phenoxy) is 4. The lowest BCUT2D eigenvalue weighted by Crippen LogP contribution is -2.37. The van der Waals surface area contributed by atoms with Gasteiger partial charge in [0, 0.05) is 20.9 Å². The quantitative estimate of drug-likeness (QED) is 0.0174. The molecule has 13 nitrogen and oxygen atoms in total. The van der Waals surface area contributed by atoms with E-state index in [2.05, 4.69) is 13.8 Å². The fourth-order valence-corrected chi connectivity index (χ4v) is 10.1. The Morgan fingerprint density at radius 1 is 0.629 bits per heavy atom. The summed E-state index contributed by atoms with van der Waals surface area (Å²) in [6.07, 6.45) is 10.8. The van der Waals surface area contributed by atoms with Crippen LogP contribution >= 0.6 is 31.3 Å². The van der Waals surface area contributed by atoms with Crippen molar-refractivity contribution in [3.05, 3.63) is 128 Å². The molecule has 6 rings (SSSR count). The molecule has 0 N–H and O–H groups in total. The number of rotatable bonds is 28. The van der Waals surface area contributed by atoms with Crippen molar-refractivity contribution in [1.82, 2.24) is 0 Å². The van der Waals surface area contributed by atoms with Gasteiger partial charge in [-0.2, -0.15) is 0 Å². The van der Waals surface area contributed by atoms with Crippen LogP contribution in [-0.4, -0.2) is 94.8 Å². The number of unbranched alkanes of at least 4 members (excludes halogenated alkanes) is 6. The predicted octanol–water partition coefficient (Wildman–Crippen LogP) is 10.7. The van der Waals surface area contributed by atoms with Crippen LogP contribution in [0.3, 0.4) is 0 Å². The average molecular weight is 1010 g/mol. The number of fused-ring (bicyclic) bond motifs is 2. The maximum atomic E-state index is 13.5. The van der Waals surface area contributed by atoms with Crippen molar-refractivity contribution in [2.45, 2.75) is 94.0 Å². The third kappa shape index (κ3) is 17.4. The fourth-order valence-electron chi connectivity index (χ4n) is 7.31. The molecule has 2 aliphatic rings. The summed E-state index contributed by atoms with van der Waals surface area (Å²) in [4.78, 5) is 68.9. The molecular weight excluding hydrogens is 950 g/mol. The first-order valence-corrected chi connectivity index (χ1v) is 27.0. The van der Waals surface area contributed by atoms with Gasteiger partial charge < -0.3 is 37.4 Å². The lowest BCUT2D eigenvalue weighted by Gasteiger charge is -2.28. The molecule has 2 aliphatic heterocycles. The summed E-state index contributed by atoms with van der Waals surface area (Å²) in [5.41, 5.74) is 3.64. The van der Waals surface area contributed by atoms with Crippen molar-refractivity contribution in [3.63, 3.8) is 0 Å². The Hall–Kier alpha value is -4.99. The van der Waals surface area contributed by atoms with E-state index in [1.807, 2.05) is 81.8 Å². The molecule has 16 heteroatoms. The number of allylic oxidation sites excluding steroid dienone is 2. The molecule has 1 unspecified atom stereocenters. The summed E-state index contributed by atoms with van der Waals surface area (Å²) in [7, 11) is 0.792. The summed E-state index contributed by atoms with van der Waals surface area (Å²) in [6, 6.07) is 25.5. The van der Waals surface area contributed by atoms with E-state index in [1.54, 1.807) is 36.4 Å². The van der Waals surface area contributed by atoms with Gasteiger partial charge in [-0.05, 0) is 95.8 Å². The molecule has 0 amide bonds. The number of benzene rings is 4. The first-order valence-electron chi connectivity index (χ1n) is 23.9. The lowest BCUT2D eigenvalue weighted by molar-refractivity contribution is -0.870. The van der Waals surface area contributed by atoms with E-state index in [-0.39, 0.29) is 31.0 Å². The summed E-state index contributed by atoms with van der Waals surface area (Å²) in [5, 5.41) is 0. The summed E-state index contributed by atoms with van der Waals surface area (Å²) in [5.74, 6) is -0.255. The number of thioether (sulfide) groups is 2. The largest absolute Gasteiger partial charge is 0.756 e. The molecular formula is C54H64NO12PS2. The van der Waals surface area contributed by atoms with E-state index in [1.165, 1.54) is 42.8 Å². The number of quaternary nitrogens is 1. The highest BCUT2D eigenvalue weighted by Crippen LogP contribution is 2.43. The highest BCUT2D eigenvalue weighted by atomic mass is 32.2. The number of carbonyl (C=O) groups excluding carboxylic acids is 4. The minimum atomic E-state index is -4.84. The predicted molar refractivity (Wildman–Crippen MR) is 272 cm³/mol. The zero-order valence-corrected chi connectivity index (χ0v) is 43.3. The van der Waals surface area contributed by atoms with Crippen LogP contribution in [0.4, 0.5) is 0 Å². The number of ketones is 2. The van der Waals surface area contributed by atoms with E-state index in [0.717, 1.165) is 64.5 Å². The molecule has 0 saturated carbocycles. The van der Waals surface area contributed by atoms with Gasteiger partial charge in [-0.1, -0.05) is 112 Å². The van der Waals surface area contributed by atoms with Gasteiger partial charge in [-0.15, -0.1) is 0 Å². The number of hydrogen-bond acceptors (Lipinski definition) is 14. The zero-order valence-electron chi connectivity index (χ0n) is 40.7. The number of carbonyl (C=O) groups is 4. The van der Waals surface area contributed by atoms with Crippen molar-refractivity contribution in [3.8, 4) is 11.5 Å². The van der Waals surface area contributed by atoms with Crippen molar-refractivity contribution in [2.75, 3.05) is 60.7 Å². The highest BCUT2D eigenvalue weighted by molar-refractivity contribution is 8.05. The van der Waals surface area contributed by atoms with Gasteiger partial charge >= 0.3 is 11.9 Å². The number of nitrogens with zero attached hydrogens (tertiary/aromatic N) is 1. The Labute approximate surface area is 420 Å². The minimum absolute atomic E-state index is 0.142. The number of Topliss-reactive ketones (excluding diaryl/α,β-unsaturated/α-hetero) is 2. The van der Waals surface area contributed by atoms with E-state index >= 15 is 0 Å². The number of phosphoric ester groups is 1. The Bertz CT molecular complexity index is 2550. The van der Waals surface area contributed by atoms with Crippen molar-refractivity contribution >= 4 is 67.0 Å². The molecule has 0 radical (unpaired) electrons. The molecule has 2 atom stereocenters. The Morgan fingerprint density at radius 3 is 1.59 bits per heavy atom. The monoisotopic (exact) mass is 1010 g/mol. The Morgan fingerprint density at radius 2 is 1.11 bits per heavy atom. The molecule has 0 fully saturated rings. The summed E-state index contributed by atoms with van der Waals surface area (Å²) in [6.45, 7) is 4.68. The summed E-state index contributed by atoms with van der Waals surface area (Å²) < 4.78 is 46.2. The van der Waals surface area contributed by atoms with Crippen molar-refractivity contribution in [2.24, 2.45) is 0 Å². The van der Waals surface area contributed by atoms with Gasteiger partial charge in [0.05, 0.1) is 63.6 Å². The van der Waals surface area contributed by atoms with Crippen LogP contribution in [0.5, 0.6) is 11.5 Å². The molecule has 70 heavy (non-hydrogen) atoms. The highest BCUT2D eigenvalue weighted by Gasteiger charge is 2.29. The van der Waals surface area contributed by atoms with E-state index in [9.17, 15) is 28.6 Å². The molecule has 0 bridgehead atoms. The second-order valence-electron chi connectivity index (χ2n) is 18.2. The van der Waals surface area contributed by atoms with Crippen LogP contribution in [0, 0.1) is 0 Å². The standard InChI is InChI=1S/C54H64NO12PS2/c1-6-8-10-12-27-62-42-20-14-38(15-21-42)32-49-53(58)45-30-40(18-24-47(45)69-49)34-51(56)64-36-44(37-66-68(60,61)65-29-26-55(3,4)5)67-52(57)35-41-19-25-48-46(31-41)54(59)50(70-48)33-39-16-22-43(23-17-39)63-28-13-11-9-7-2/h14-25,30-33,44H,6-13,26-29,34-37H2,1-5H3/b49-32-,50-33-/t44-/m1/s1. The minimum Gasteiger partial charge on any atom is -0.756 e. The number of likely N-dealkylation sites (N-methyl/N-ethyl adjacent to an activating group) is 1. The van der Waals surface area contributed by atoms with Crippen LogP contribution in [0.25, 0.3) is 12.2 Å². The molecule has 4 aromatic rings. The van der Waals surface area contributed by atoms with Crippen molar-refractivity contribution < 1.29 is 61.1 Å². The van der Waals surface area contributed by atoms with Gasteiger partial charge in [-0.25, -0.2) is 0 Å². The lowest BCUT2D eigenvalue weighted by atomic mass is 10.0. The van der Waals surface area contributed by atoms with Gasteiger partial charge in [0.25, 0.3) is 7.82 Å². The molecule has 0 saturated heterocycles. The van der Waals surface area contributed by atoms with Crippen LogP contribution in [0.2, 0.25) is 0 Å². The van der Waals surface area contributed by atoms with Gasteiger partial charge in [0.15, 0.2) is 6.10 Å². The average Bonchev–Trinajstić information content (AvgIpc) is 3.80. The molecule has 4 aromatic carbocycles. The number of phosphoric acid groups is 1. The Balaban J connectivity index is 1.04. The molecule has 0 aromatic heterocycles. The van der Waals surface area contributed by atoms with E-state index < -0.39 is 39.1 Å². The SMILES string of the molecule is CCCCCCOc1ccc(/C=C2\Sc3ccc(CC(=O)OC[C@H](COP(=O)([O-])OCC[N+](C)(C)C)OC(=O)Cc4ccc5c(c4)C(=O)/C(=C/c4ccc(OCCCCCC)cc4)S5)cc3C2=O)cc1. The van der Waals surface area contributed by atoms with Gasteiger partial charge in [-0.3, -0.25) is 23.7 Å². The Kier molecular flexibility index (Phi) is 20.5. The first-order chi connectivity index (χ1) is 33.6. The summed E-state index contributed by atoms with van der Waals surface area (Å²) >= 11 is 2.70. The van der Waals surface area contributed by atoms with E-state index in [4.69, 9.17) is 28.0 Å². The molecule has 0 spiro atoms. The third-order valence-electron chi connectivity index (χ3n) is 11.2. The zero-order chi connectivity index (χ0) is 50.1. The topological polar surface area (TPSA) is 164 Å². The third-order valence-corrected chi connectivity index (χ3v) is 14.4. The molecule has 0 aliphatic carbocycles. The number of esters is 2. The molecule has 374 valence electrons. The second kappa shape index (κ2) is 26.5. The maximum Gasteiger partial charge on any atom is 0.310 e. The van der Waals surface area contributed by atoms with Crippen molar-refractivity contribution in [1.29, 1.82) is 0 Å².